The van der Waals surface area contributed by atoms with Crippen LogP contribution in [-0.2, 0) is 21.2 Å². The summed E-state index contributed by atoms with van der Waals surface area (Å²) in [5.74, 6) is -2.33. The summed E-state index contributed by atoms with van der Waals surface area (Å²) in [6.07, 6.45) is 1.23. The molecule has 2 heterocycles. The summed E-state index contributed by atoms with van der Waals surface area (Å²) in [4.78, 5) is 24.6. The highest BCUT2D eigenvalue weighted by atomic mass is 32.2. The molecule has 4 rings (SSSR count). The predicted molar refractivity (Wildman–Crippen MR) is 122 cm³/mol. The van der Waals surface area contributed by atoms with E-state index < -0.39 is 21.7 Å². The van der Waals surface area contributed by atoms with Crippen LogP contribution in [0, 0.1) is 18.6 Å². The van der Waals surface area contributed by atoms with Gasteiger partial charge in [0.15, 0.2) is 0 Å². The van der Waals surface area contributed by atoms with Crippen molar-refractivity contribution in [1.29, 1.82) is 0 Å². The Balaban J connectivity index is 1.84. The molecule has 8 nitrogen and oxygen atoms in total. The molecule has 0 saturated heterocycles. The molecule has 34 heavy (non-hydrogen) atoms. The SMILES string of the molecule is CCCc1nn2c(c1-c1ccc(C)c(S(=O)(=O)Nc3cc(F)cc(F)c3)c1)NC(=O)CCC2=O. The van der Waals surface area contributed by atoms with Crippen molar-refractivity contribution >= 4 is 33.3 Å². The van der Waals surface area contributed by atoms with E-state index in [2.05, 4.69) is 15.1 Å². The van der Waals surface area contributed by atoms with Crippen LogP contribution in [0.15, 0.2) is 41.3 Å². The molecule has 1 aliphatic rings. The summed E-state index contributed by atoms with van der Waals surface area (Å²) >= 11 is 0. The average Bonchev–Trinajstić information content (AvgIpc) is 3.02. The van der Waals surface area contributed by atoms with E-state index in [-0.39, 0.29) is 41.1 Å². The van der Waals surface area contributed by atoms with Gasteiger partial charge in [-0.2, -0.15) is 9.78 Å². The lowest BCUT2D eigenvalue weighted by Gasteiger charge is -2.13. The fourth-order valence-corrected chi connectivity index (χ4v) is 5.18. The summed E-state index contributed by atoms with van der Waals surface area (Å²) in [5.41, 5.74) is 1.56. The number of carbonyl (C=O) groups excluding carboxylic acids is 2. The van der Waals surface area contributed by atoms with Crippen molar-refractivity contribution in [3.63, 3.8) is 0 Å². The Bertz CT molecular complexity index is 1400. The third kappa shape index (κ3) is 4.56. The summed E-state index contributed by atoms with van der Waals surface area (Å²) in [7, 11) is -4.23. The fourth-order valence-electron chi connectivity index (χ4n) is 3.86. The number of aryl methyl sites for hydroxylation is 2. The third-order valence-corrected chi connectivity index (χ3v) is 6.91. The zero-order valence-electron chi connectivity index (χ0n) is 18.5. The van der Waals surface area contributed by atoms with Crippen molar-refractivity contribution in [2.45, 2.75) is 44.4 Å². The molecule has 3 aromatic rings. The second kappa shape index (κ2) is 8.98. The fraction of sp³-hybridized carbons (Fsp3) is 0.261. The van der Waals surface area contributed by atoms with E-state index in [1.807, 2.05) is 6.92 Å². The first-order valence-corrected chi connectivity index (χ1v) is 12.1. The zero-order chi connectivity index (χ0) is 24.6. The van der Waals surface area contributed by atoms with E-state index in [0.29, 0.717) is 41.3 Å². The van der Waals surface area contributed by atoms with Gasteiger partial charge in [0, 0.05) is 24.5 Å². The number of amides is 1. The van der Waals surface area contributed by atoms with Crippen molar-refractivity contribution in [3.05, 3.63) is 59.3 Å². The molecule has 11 heteroatoms. The normalized spacial score (nSPS) is 13.9. The number of hydrogen-bond donors (Lipinski definition) is 2. The van der Waals surface area contributed by atoms with E-state index in [9.17, 15) is 26.8 Å². The van der Waals surface area contributed by atoms with Crippen LogP contribution in [0.3, 0.4) is 0 Å². The van der Waals surface area contributed by atoms with Crippen molar-refractivity contribution in [1.82, 2.24) is 9.78 Å². The minimum atomic E-state index is -4.23. The summed E-state index contributed by atoms with van der Waals surface area (Å²) in [5, 5.41) is 7.11. The average molecular weight is 489 g/mol. The van der Waals surface area contributed by atoms with Crippen LogP contribution in [0.4, 0.5) is 20.3 Å². The number of nitrogens with zero attached hydrogens (tertiary/aromatic N) is 2. The molecule has 0 aliphatic carbocycles. The van der Waals surface area contributed by atoms with Crippen molar-refractivity contribution in [3.8, 4) is 11.1 Å². The topological polar surface area (TPSA) is 110 Å². The Kier molecular flexibility index (Phi) is 6.22. The van der Waals surface area contributed by atoms with Gasteiger partial charge in [-0.15, -0.1) is 0 Å². The minimum Gasteiger partial charge on any atom is -0.310 e. The van der Waals surface area contributed by atoms with Gasteiger partial charge in [-0.3, -0.25) is 14.3 Å². The van der Waals surface area contributed by atoms with Crippen LogP contribution in [0.2, 0.25) is 0 Å². The molecule has 1 amide bonds. The van der Waals surface area contributed by atoms with Gasteiger partial charge in [-0.1, -0.05) is 25.5 Å². The van der Waals surface area contributed by atoms with E-state index in [0.717, 1.165) is 16.8 Å². The van der Waals surface area contributed by atoms with E-state index in [4.69, 9.17) is 0 Å². The van der Waals surface area contributed by atoms with Gasteiger partial charge in [0.1, 0.15) is 17.5 Å². The van der Waals surface area contributed by atoms with Gasteiger partial charge in [0.05, 0.1) is 16.3 Å². The molecule has 2 aromatic carbocycles. The second-order valence-corrected chi connectivity index (χ2v) is 9.67. The lowest BCUT2D eigenvalue weighted by atomic mass is 10.0. The van der Waals surface area contributed by atoms with Gasteiger partial charge in [0.25, 0.3) is 10.0 Å². The van der Waals surface area contributed by atoms with Crippen LogP contribution < -0.4 is 10.0 Å². The number of fused-ring (bicyclic) bond motifs is 1. The largest absolute Gasteiger partial charge is 0.310 e. The van der Waals surface area contributed by atoms with Gasteiger partial charge in [-0.25, -0.2) is 17.2 Å². The molecule has 0 atom stereocenters. The summed E-state index contributed by atoms with van der Waals surface area (Å²) in [6.45, 7) is 3.52. The Morgan fingerprint density at radius 2 is 1.79 bits per heavy atom. The number of hydrogen-bond acceptors (Lipinski definition) is 5. The quantitative estimate of drug-likeness (QED) is 0.539. The highest BCUT2D eigenvalue weighted by Gasteiger charge is 2.28. The number of carbonyl (C=O) groups is 2. The molecule has 1 aromatic heterocycles. The van der Waals surface area contributed by atoms with Crippen molar-refractivity contribution in [2.24, 2.45) is 0 Å². The van der Waals surface area contributed by atoms with Gasteiger partial charge >= 0.3 is 0 Å². The standard InChI is InChI=1S/C23H22F2N4O4S/c1-3-4-18-22(23-26-20(30)7-8-21(31)29(23)27-18)14-6-5-13(2)19(9-14)34(32,33)28-17-11-15(24)10-16(25)12-17/h5-6,9-12,28H,3-4,7-8H2,1-2H3,(H,26,30). The molecule has 0 radical (unpaired) electrons. The molecule has 2 N–H and O–H groups in total. The van der Waals surface area contributed by atoms with Gasteiger partial charge in [-0.05, 0) is 42.7 Å². The van der Waals surface area contributed by atoms with Gasteiger partial charge in [0.2, 0.25) is 11.8 Å². The summed E-state index contributed by atoms with van der Waals surface area (Å²) in [6, 6.07) is 7.03. The molecular weight excluding hydrogens is 466 g/mol. The maximum absolute atomic E-state index is 13.6. The van der Waals surface area contributed by atoms with E-state index in [1.54, 1.807) is 19.1 Å². The Labute approximate surface area is 195 Å². The second-order valence-electron chi connectivity index (χ2n) is 8.02. The lowest BCUT2D eigenvalue weighted by molar-refractivity contribution is -0.116. The van der Waals surface area contributed by atoms with Crippen LogP contribution in [0.1, 0.15) is 42.2 Å². The maximum Gasteiger partial charge on any atom is 0.262 e. The van der Waals surface area contributed by atoms with E-state index >= 15 is 0 Å². The van der Waals surface area contributed by atoms with Crippen molar-refractivity contribution in [2.75, 3.05) is 10.0 Å². The monoisotopic (exact) mass is 488 g/mol. The maximum atomic E-state index is 13.6. The number of rotatable bonds is 6. The Morgan fingerprint density at radius 1 is 1.09 bits per heavy atom. The van der Waals surface area contributed by atoms with E-state index in [1.165, 1.54) is 6.07 Å². The highest BCUT2D eigenvalue weighted by molar-refractivity contribution is 7.92. The molecule has 1 aliphatic heterocycles. The number of anilines is 2. The van der Waals surface area contributed by atoms with Crippen LogP contribution in [0.5, 0.6) is 0 Å². The number of aromatic nitrogens is 2. The molecular formula is C23H22F2N4O4S. The first-order chi connectivity index (χ1) is 16.1. The van der Waals surface area contributed by atoms with Crippen LogP contribution in [0.25, 0.3) is 11.1 Å². The molecule has 0 unspecified atom stereocenters. The Morgan fingerprint density at radius 3 is 2.47 bits per heavy atom. The predicted octanol–water partition coefficient (Wildman–Crippen LogP) is 4.26. The first-order valence-electron chi connectivity index (χ1n) is 10.6. The molecule has 178 valence electrons. The van der Waals surface area contributed by atoms with Crippen molar-refractivity contribution < 1.29 is 26.8 Å². The molecule has 0 fully saturated rings. The third-order valence-electron chi connectivity index (χ3n) is 5.39. The van der Waals surface area contributed by atoms with Crippen LogP contribution >= 0.6 is 0 Å². The first kappa shape index (κ1) is 23.6. The Hall–Kier alpha value is -3.60. The van der Waals surface area contributed by atoms with Crippen LogP contribution in [-0.4, -0.2) is 30.0 Å². The molecule has 0 spiro atoms. The number of sulfonamides is 1. The minimum absolute atomic E-state index is 0.00710. The van der Waals surface area contributed by atoms with Gasteiger partial charge < -0.3 is 5.32 Å². The lowest BCUT2D eigenvalue weighted by Crippen LogP contribution is -2.15. The molecule has 0 saturated carbocycles. The zero-order valence-corrected chi connectivity index (χ0v) is 19.3. The highest BCUT2D eigenvalue weighted by Crippen LogP contribution is 2.36. The smallest absolute Gasteiger partial charge is 0.262 e. The number of nitrogens with one attached hydrogen (secondary N) is 2. The number of benzene rings is 2. The number of halogens is 2. The summed E-state index contributed by atoms with van der Waals surface area (Å²) < 4.78 is 56.7. The molecule has 0 bridgehead atoms.